The standard InChI is InChI=1S/C15H18N2O2/c1-10(2)14-16-6-7-17(14)9-13-5-4-12(15(18)19)8-11(13)3/h4-8,10H,9H2,1-3H3,(H,18,19). The van der Waals surface area contributed by atoms with Gasteiger partial charge < -0.3 is 9.67 Å². The molecule has 0 spiro atoms. The molecule has 0 bridgehead atoms. The Bertz CT molecular complexity index is 600. The fourth-order valence-electron chi connectivity index (χ4n) is 2.14. The number of nitrogens with zero attached hydrogens (tertiary/aromatic N) is 2. The van der Waals surface area contributed by atoms with Gasteiger partial charge in [-0.2, -0.15) is 0 Å². The van der Waals surface area contributed by atoms with Crippen LogP contribution in [0.25, 0.3) is 0 Å². The molecule has 1 heterocycles. The molecule has 1 N–H and O–H groups in total. The minimum atomic E-state index is -0.889. The SMILES string of the molecule is Cc1cc(C(=O)O)ccc1Cn1ccnc1C(C)C. The van der Waals surface area contributed by atoms with Crippen LogP contribution in [0, 0.1) is 6.92 Å². The summed E-state index contributed by atoms with van der Waals surface area (Å²) < 4.78 is 2.10. The van der Waals surface area contributed by atoms with E-state index >= 15 is 0 Å². The molecule has 0 fully saturated rings. The number of hydrogen-bond donors (Lipinski definition) is 1. The average molecular weight is 258 g/mol. The lowest BCUT2D eigenvalue weighted by atomic mass is 10.0. The van der Waals surface area contributed by atoms with E-state index in [4.69, 9.17) is 5.11 Å². The van der Waals surface area contributed by atoms with Gasteiger partial charge in [0, 0.05) is 24.9 Å². The van der Waals surface area contributed by atoms with Gasteiger partial charge in [0.25, 0.3) is 0 Å². The number of carboxylic acids is 1. The van der Waals surface area contributed by atoms with Crippen molar-refractivity contribution in [2.45, 2.75) is 33.2 Å². The summed E-state index contributed by atoms with van der Waals surface area (Å²) >= 11 is 0. The number of benzene rings is 1. The number of aromatic carboxylic acids is 1. The van der Waals surface area contributed by atoms with E-state index in [0.29, 0.717) is 11.5 Å². The molecule has 0 saturated carbocycles. The zero-order chi connectivity index (χ0) is 14.0. The van der Waals surface area contributed by atoms with E-state index in [0.717, 1.165) is 23.5 Å². The van der Waals surface area contributed by atoms with Crippen molar-refractivity contribution in [1.29, 1.82) is 0 Å². The lowest BCUT2D eigenvalue weighted by Crippen LogP contribution is -2.07. The van der Waals surface area contributed by atoms with Gasteiger partial charge in [0.1, 0.15) is 5.82 Å². The van der Waals surface area contributed by atoms with E-state index < -0.39 is 5.97 Å². The molecule has 0 atom stereocenters. The minimum absolute atomic E-state index is 0.330. The van der Waals surface area contributed by atoms with Crippen molar-refractivity contribution in [2.24, 2.45) is 0 Å². The molecule has 2 rings (SSSR count). The van der Waals surface area contributed by atoms with Crippen molar-refractivity contribution in [3.8, 4) is 0 Å². The van der Waals surface area contributed by atoms with Gasteiger partial charge in [0.2, 0.25) is 0 Å². The predicted molar refractivity (Wildman–Crippen MR) is 73.6 cm³/mol. The lowest BCUT2D eigenvalue weighted by Gasteiger charge is -2.12. The molecule has 4 nitrogen and oxygen atoms in total. The molecule has 4 heteroatoms. The van der Waals surface area contributed by atoms with Crippen molar-refractivity contribution >= 4 is 5.97 Å². The Balaban J connectivity index is 2.28. The van der Waals surface area contributed by atoms with Gasteiger partial charge in [0.05, 0.1) is 5.56 Å². The smallest absolute Gasteiger partial charge is 0.335 e. The highest BCUT2D eigenvalue weighted by atomic mass is 16.4. The minimum Gasteiger partial charge on any atom is -0.478 e. The quantitative estimate of drug-likeness (QED) is 0.917. The van der Waals surface area contributed by atoms with Gasteiger partial charge in [-0.05, 0) is 30.2 Å². The maximum absolute atomic E-state index is 10.9. The number of aromatic nitrogens is 2. The predicted octanol–water partition coefficient (Wildman–Crippen LogP) is 3.06. The third kappa shape index (κ3) is 2.84. The van der Waals surface area contributed by atoms with Gasteiger partial charge in [0.15, 0.2) is 0 Å². The molecule has 100 valence electrons. The van der Waals surface area contributed by atoms with Gasteiger partial charge >= 0.3 is 5.97 Å². The van der Waals surface area contributed by atoms with E-state index in [-0.39, 0.29) is 0 Å². The van der Waals surface area contributed by atoms with E-state index in [9.17, 15) is 4.79 Å². The number of carboxylic acid groups (broad SMARTS) is 1. The highest BCUT2D eigenvalue weighted by Crippen LogP contribution is 2.17. The first-order valence-corrected chi connectivity index (χ1v) is 6.33. The van der Waals surface area contributed by atoms with Crippen molar-refractivity contribution in [3.63, 3.8) is 0 Å². The van der Waals surface area contributed by atoms with Crippen molar-refractivity contribution in [1.82, 2.24) is 9.55 Å². The second-order valence-corrected chi connectivity index (χ2v) is 5.01. The Morgan fingerprint density at radius 2 is 2.16 bits per heavy atom. The van der Waals surface area contributed by atoms with Crippen molar-refractivity contribution in [2.75, 3.05) is 0 Å². The fourth-order valence-corrected chi connectivity index (χ4v) is 2.14. The van der Waals surface area contributed by atoms with Crippen LogP contribution >= 0.6 is 0 Å². The number of carbonyl (C=O) groups is 1. The first-order chi connectivity index (χ1) is 8.99. The molecule has 0 unspecified atom stereocenters. The first kappa shape index (κ1) is 13.3. The third-order valence-electron chi connectivity index (χ3n) is 3.19. The molecule has 2 aromatic rings. The van der Waals surface area contributed by atoms with Crippen LogP contribution in [-0.4, -0.2) is 20.6 Å². The maximum atomic E-state index is 10.9. The molecule has 0 aliphatic heterocycles. The molecule has 1 aromatic heterocycles. The summed E-state index contributed by atoms with van der Waals surface area (Å²) in [6.45, 7) is 6.88. The topological polar surface area (TPSA) is 55.1 Å². The molecule has 0 aliphatic rings. The number of imidazole rings is 1. The summed E-state index contributed by atoms with van der Waals surface area (Å²) in [5, 5.41) is 8.96. The van der Waals surface area contributed by atoms with Crippen LogP contribution < -0.4 is 0 Å². The Morgan fingerprint density at radius 1 is 1.42 bits per heavy atom. The van der Waals surface area contributed by atoms with Gasteiger partial charge in [-0.3, -0.25) is 0 Å². The summed E-state index contributed by atoms with van der Waals surface area (Å²) in [4.78, 5) is 15.3. The largest absolute Gasteiger partial charge is 0.478 e. The summed E-state index contributed by atoms with van der Waals surface area (Å²) in [6, 6.07) is 5.24. The van der Waals surface area contributed by atoms with Crippen LogP contribution in [0.1, 0.15) is 47.1 Å². The van der Waals surface area contributed by atoms with Crippen molar-refractivity contribution < 1.29 is 9.90 Å². The molecule has 0 saturated heterocycles. The van der Waals surface area contributed by atoms with Crippen LogP contribution in [0.3, 0.4) is 0 Å². The molecule has 0 radical (unpaired) electrons. The average Bonchev–Trinajstić information content (AvgIpc) is 2.79. The molecule has 19 heavy (non-hydrogen) atoms. The second kappa shape index (κ2) is 5.26. The highest BCUT2D eigenvalue weighted by molar-refractivity contribution is 5.87. The maximum Gasteiger partial charge on any atom is 0.335 e. The second-order valence-electron chi connectivity index (χ2n) is 5.01. The zero-order valence-corrected chi connectivity index (χ0v) is 11.4. The molecule has 0 amide bonds. The van der Waals surface area contributed by atoms with Crippen LogP contribution in [-0.2, 0) is 6.54 Å². The third-order valence-corrected chi connectivity index (χ3v) is 3.19. The highest BCUT2D eigenvalue weighted by Gasteiger charge is 2.10. The van der Waals surface area contributed by atoms with Gasteiger partial charge in [-0.25, -0.2) is 9.78 Å². The van der Waals surface area contributed by atoms with Crippen LogP contribution in [0.2, 0.25) is 0 Å². The summed E-state index contributed by atoms with van der Waals surface area (Å²) in [7, 11) is 0. The molecule has 0 aliphatic carbocycles. The molecular weight excluding hydrogens is 240 g/mol. The number of rotatable bonds is 4. The van der Waals surface area contributed by atoms with E-state index in [1.54, 1.807) is 18.3 Å². The van der Waals surface area contributed by atoms with Crippen LogP contribution in [0.15, 0.2) is 30.6 Å². The summed E-state index contributed by atoms with van der Waals surface area (Å²) in [5.74, 6) is 0.524. The van der Waals surface area contributed by atoms with Crippen LogP contribution in [0.4, 0.5) is 0 Å². The molecule has 1 aromatic carbocycles. The monoisotopic (exact) mass is 258 g/mol. The van der Waals surface area contributed by atoms with Crippen LogP contribution in [0.5, 0.6) is 0 Å². The van der Waals surface area contributed by atoms with E-state index in [1.165, 1.54) is 0 Å². The Labute approximate surface area is 112 Å². The number of aryl methyl sites for hydroxylation is 1. The lowest BCUT2D eigenvalue weighted by molar-refractivity contribution is 0.0697. The zero-order valence-electron chi connectivity index (χ0n) is 11.4. The summed E-state index contributed by atoms with van der Waals surface area (Å²) in [6.07, 6.45) is 3.76. The van der Waals surface area contributed by atoms with Gasteiger partial charge in [-0.15, -0.1) is 0 Å². The van der Waals surface area contributed by atoms with E-state index in [2.05, 4.69) is 23.4 Å². The Hall–Kier alpha value is -2.10. The fraction of sp³-hybridized carbons (Fsp3) is 0.333. The van der Waals surface area contributed by atoms with Gasteiger partial charge in [-0.1, -0.05) is 19.9 Å². The van der Waals surface area contributed by atoms with Crippen molar-refractivity contribution in [3.05, 3.63) is 53.1 Å². The van der Waals surface area contributed by atoms with E-state index in [1.807, 2.05) is 19.2 Å². The Morgan fingerprint density at radius 3 is 2.74 bits per heavy atom. The number of hydrogen-bond acceptors (Lipinski definition) is 2. The normalized spacial score (nSPS) is 10.9. The molecular formula is C15H18N2O2. The summed E-state index contributed by atoms with van der Waals surface area (Å²) in [5.41, 5.74) is 2.43. The first-order valence-electron chi connectivity index (χ1n) is 6.33. The Kier molecular flexibility index (Phi) is 3.69.